The summed E-state index contributed by atoms with van der Waals surface area (Å²) in [5.74, 6) is -4.47. The summed E-state index contributed by atoms with van der Waals surface area (Å²) in [6.07, 6.45) is -5.24. The molecule has 0 fully saturated rings. The van der Waals surface area contributed by atoms with E-state index in [0.29, 0.717) is 0 Å². The molecule has 0 aliphatic carbocycles. The summed E-state index contributed by atoms with van der Waals surface area (Å²) in [7, 11) is 0. The Balaban J connectivity index is 2.41. The zero-order valence-corrected chi connectivity index (χ0v) is 13.0. The molecule has 1 aromatic carbocycles. The van der Waals surface area contributed by atoms with Gasteiger partial charge in [-0.05, 0) is 35.7 Å². The second-order valence-corrected chi connectivity index (χ2v) is 5.50. The summed E-state index contributed by atoms with van der Waals surface area (Å²) in [5, 5.41) is 26.9. The molecule has 0 saturated carbocycles. The molecule has 2 rings (SSSR count). The quantitative estimate of drug-likeness (QED) is 0.457. The van der Waals surface area contributed by atoms with E-state index in [2.05, 4.69) is 10.2 Å². The number of nitrogens with zero attached hydrogens (tertiary/aromatic N) is 2. The number of aliphatic hydroxyl groups excluding tert-OH is 1. The van der Waals surface area contributed by atoms with Crippen molar-refractivity contribution in [1.82, 2.24) is 0 Å². The number of halogens is 3. The van der Waals surface area contributed by atoms with Gasteiger partial charge in [0, 0.05) is 0 Å². The predicted molar refractivity (Wildman–Crippen MR) is 82.8 cm³/mol. The molecule has 0 aliphatic rings. The molecule has 1 heterocycles. The smallest absolute Gasteiger partial charge is 0.456 e. The minimum atomic E-state index is -5.24. The predicted octanol–water partition coefficient (Wildman–Crippen LogP) is 4.59. The van der Waals surface area contributed by atoms with Crippen LogP contribution >= 0.6 is 11.3 Å². The number of aromatic carboxylic acids is 1. The molecule has 0 amide bonds. The molecule has 6 nitrogen and oxygen atoms in total. The van der Waals surface area contributed by atoms with Gasteiger partial charge in [0.25, 0.3) is 5.78 Å². The van der Waals surface area contributed by atoms with E-state index in [0.717, 1.165) is 11.3 Å². The lowest BCUT2D eigenvalue weighted by atomic mass is 10.2. The average molecular weight is 370 g/mol. The van der Waals surface area contributed by atoms with Gasteiger partial charge in [-0.1, -0.05) is 6.07 Å². The molecule has 0 saturated heterocycles. The summed E-state index contributed by atoms with van der Waals surface area (Å²) in [5.41, 5.74) is -1.30. The summed E-state index contributed by atoms with van der Waals surface area (Å²) in [6, 6.07) is 7.54. The van der Waals surface area contributed by atoms with Crippen LogP contribution in [0, 0.1) is 0 Å². The molecule has 130 valence electrons. The third-order valence-corrected chi connectivity index (χ3v) is 3.71. The van der Waals surface area contributed by atoms with E-state index in [1.54, 1.807) is 0 Å². The van der Waals surface area contributed by atoms with Crippen LogP contribution in [0.5, 0.6) is 0 Å². The molecule has 10 heteroatoms. The van der Waals surface area contributed by atoms with Gasteiger partial charge in [-0.25, -0.2) is 4.79 Å². The van der Waals surface area contributed by atoms with Crippen molar-refractivity contribution >= 4 is 34.5 Å². The third-order valence-electron chi connectivity index (χ3n) is 2.83. The first-order valence-electron chi connectivity index (χ1n) is 6.54. The Morgan fingerprint density at radius 1 is 1.04 bits per heavy atom. The van der Waals surface area contributed by atoms with Gasteiger partial charge >= 0.3 is 12.1 Å². The Kier molecular flexibility index (Phi) is 5.32. The lowest BCUT2D eigenvalue weighted by Gasteiger charge is -2.06. The maximum Gasteiger partial charge on any atom is 0.456 e. The van der Waals surface area contributed by atoms with Crippen LogP contribution in [-0.2, 0) is 4.79 Å². The van der Waals surface area contributed by atoms with Crippen molar-refractivity contribution in [3.63, 3.8) is 0 Å². The lowest BCUT2D eigenvalue weighted by Crippen LogP contribution is -2.24. The van der Waals surface area contributed by atoms with Crippen LogP contribution in [0.4, 0.5) is 18.9 Å². The minimum absolute atomic E-state index is 0.0106. The van der Waals surface area contributed by atoms with Gasteiger partial charge in [-0.3, -0.25) is 4.79 Å². The number of aliphatic hydroxyl groups is 1. The van der Waals surface area contributed by atoms with Crippen molar-refractivity contribution in [2.45, 2.75) is 6.18 Å². The van der Waals surface area contributed by atoms with Gasteiger partial charge in [0.2, 0.25) is 0 Å². The number of carbonyl (C=O) groups excluding carboxylic acids is 1. The van der Waals surface area contributed by atoms with E-state index in [9.17, 15) is 27.9 Å². The number of azo groups is 1. The Hall–Kier alpha value is -3.01. The number of ketones is 1. The van der Waals surface area contributed by atoms with Gasteiger partial charge in [0.05, 0.1) is 16.1 Å². The van der Waals surface area contributed by atoms with E-state index in [1.165, 1.54) is 41.8 Å². The largest absolute Gasteiger partial charge is 0.504 e. The van der Waals surface area contributed by atoms with E-state index >= 15 is 0 Å². The van der Waals surface area contributed by atoms with Gasteiger partial charge in [0.1, 0.15) is 0 Å². The van der Waals surface area contributed by atoms with Crippen molar-refractivity contribution in [3.8, 4) is 0 Å². The number of rotatable bonds is 5. The average Bonchev–Trinajstić information content (AvgIpc) is 3.08. The van der Waals surface area contributed by atoms with Gasteiger partial charge in [0.15, 0.2) is 11.5 Å². The molecule has 0 atom stereocenters. The first-order valence-corrected chi connectivity index (χ1v) is 7.42. The zero-order valence-electron chi connectivity index (χ0n) is 12.2. The maximum atomic E-state index is 12.7. The molecule has 0 spiro atoms. The highest BCUT2D eigenvalue weighted by Crippen LogP contribution is 2.29. The van der Waals surface area contributed by atoms with Crippen LogP contribution in [0.15, 0.2) is 57.7 Å². The molecule has 2 aromatic rings. The molecule has 2 N–H and O–H groups in total. The topological polar surface area (TPSA) is 99.3 Å². The van der Waals surface area contributed by atoms with E-state index in [1.807, 2.05) is 0 Å². The molecule has 25 heavy (non-hydrogen) atoms. The Bertz CT molecular complexity index is 841. The zero-order chi connectivity index (χ0) is 18.6. The summed E-state index contributed by atoms with van der Waals surface area (Å²) in [4.78, 5) is 22.3. The van der Waals surface area contributed by atoms with Crippen LogP contribution in [0.3, 0.4) is 0 Å². The fourth-order valence-corrected chi connectivity index (χ4v) is 2.31. The second-order valence-electron chi connectivity index (χ2n) is 4.55. The van der Waals surface area contributed by atoms with E-state index < -0.39 is 29.4 Å². The molecule has 0 aliphatic heterocycles. The highest BCUT2D eigenvalue weighted by atomic mass is 32.1. The summed E-state index contributed by atoms with van der Waals surface area (Å²) in [6.45, 7) is 0. The molecular formula is C15H9F3N2O4S. The minimum Gasteiger partial charge on any atom is -0.504 e. The van der Waals surface area contributed by atoms with Crippen molar-refractivity contribution in [3.05, 3.63) is 57.9 Å². The molecule has 1 aromatic heterocycles. The molecule has 0 bridgehead atoms. The number of allylic oxidation sites excluding steroid dienone is 1. The maximum absolute atomic E-state index is 12.7. The fourth-order valence-electron chi connectivity index (χ4n) is 1.64. The number of carboxylic acids is 1. The number of carbonyl (C=O) groups is 2. The number of benzene rings is 1. The number of thiophene rings is 1. The van der Waals surface area contributed by atoms with Crippen LogP contribution in [0.2, 0.25) is 0 Å². The number of alkyl halides is 3. The number of hydrogen-bond donors (Lipinski definition) is 2. The van der Waals surface area contributed by atoms with Crippen LogP contribution in [-0.4, -0.2) is 28.1 Å². The van der Waals surface area contributed by atoms with Crippen molar-refractivity contribution in [1.29, 1.82) is 0 Å². The highest BCUT2D eigenvalue weighted by molar-refractivity contribution is 7.11. The monoisotopic (exact) mass is 370 g/mol. The normalized spacial score (nSPS) is 12.9. The lowest BCUT2D eigenvalue weighted by molar-refractivity contribution is -0.166. The summed E-state index contributed by atoms with van der Waals surface area (Å²) >= 11 is 0.920. The van der Waals surface area contributed by atoms with Crippen molar-refractivity contribution < 1.29 is 33.0 Å². The van der Waals surface area contributed by atoms with Gasteiger partial charge < -0.3 is 10.2 Å². The van der Waals surface area contributed by atoms with Gasteiger partial charge in [-0.2, -0.15) is 18.3 Å². The molecule has 0 unspecified atom stereocenters. The molecular weight excluding hydrogens is 361 g/mol. The number of carboxylic acid groups (broad SMARTS) is 1. The Morgan fingerprint density at radius 2 is 1.68 bits per heavy atom. The van der Waals surface area contributed by atoms with Crippen molar-refractivity contribution in [2.75, 3.05) is 0 Å². The first-order chi connectivity index (χ1) is 11.7. The van der Waals surface area contributed by atoms with Crippen LogP contribution in [0.25, 0.3) is 5.76 Å². The SMILES string of the molecule is O=C(O)c1ccc(N=N/C(C(=O)C(F)(F)F)=C(\O)c2cccs2)cc1. The van der Waals surface area contributed by atoms with E-state index in [-0.39, 0.29) is 16.1 Å². The standard InChI is InChI=1S/C15H9F3N2O4S/c16-15(17,18)13(22)11(12(21)10-2-1-7-25-10)20-19-9-5-3-8(4-6-9)14(23)24/h1-7,21H,(H,23,24)/b12-11-,20-19?. The van der Waals surface area contributed by atoms with Crippen LogP contribution < -0.4 is 0 Å². The van der Waals surface area contributed by atoms with Gasteiger partial charge in [-0.15, -0.1) is 16.5 Å². The second kappa shape index (κ2) is 7.26. The molecule has 0 radical (unpaired) electrons. The van der Waals surface area contributed by atoms with E-state index in [4.69, 9.17) is 5.11 Å². The summed E-state index contributed by atoms with van der Waals surface area (Å²) < 4.78 is 38.1. The highest BCUT2D eigenvalue weighted by Gasteiger charge is 2.43. The fraction of sp³-hybridized carbons (Fsp3) is 0.0667. The van der Waals surface area contributed by atoms with Crippen LogP contribution in [0.1, 0.15) is 15.2 Å². The number of Topliss-reactive ketones (excluding diaryl/α,β-unsaturated/α-hetero) is 1. The first kappa shape index (κ1) is 18.3. The number of hydrogen-bond acceptors (Lipinski definition) is 6. The third kappa shape index (κ3) is 4.51. The van der Waals surface area contributed by atoms with Crippen molar-refractivity contribution in [2.24, 2.45) is 10.2 Å². The Labute approximate surface area is 142 Å². The Morgan fingerprint density at radius 3 is 2.16 bits per heavy atom.